The fraction of sp³-hybridized carbons (Fsp3) is 0.200. The van der Waals surface area contributed by atoms with Crippen molar-refractivity contribution in [3.8, 4) is 11.5 Å². The van der Waals surface area contributed by atoms with Crippen molar-refractivity contribution in [1.82, 2.24) is 3.89 Å². The Labute approximate surface area is 154 Å². The standard InChI is InChI=1S/C20H23N2O3S/c1-16-13-19(25-18-8-4-3-5-9-18)10-11-20(16)22(26(2,23)24)12-6-7-17(14-21)15-22/h3-11,13,15H,12,14,21H2,1-2H3/q+1. The first kappa shape index (κ1) is 18.4. The molecule has 0 aromatic heterocycles. The second kappa shape index (κ2) is 7.07. The molecule has 6 heteroatoms. The van der Waals surface area contributed by atoms with Gasteiger partial charge in [-0.1, -0.05) is 24.3 Å². The average molecular weight is 371 g/mol. The molecule has 1 aliphatic rings. The Bertz CT molecular complexity index is 966. The summed E-state index contributed by atoms with van der Waals surface area (Å²) in [5.41, 5.74) is 8.08. The molecular formula is C20H23N2O3S+. The minimum atomic E-state index is -3.46. The molecule has 26 heavy (non-hydrogen) atoms. The van der Waals surface area contributed by atoms with Gasteiger partial charge in [0.2, 0.25) is 0 Å². The van der Waals surface area contributed by atoms with Gasteiger partial charge in [0.15, 0.2) is 5.69 Å². The maximum absolute atomic E-state index is 12.7. The van der Waals surface area contributed by atoms with Gasteiger partial charge in [-0.3, -0.25) is 0 Å². The van der Waals surface area contributed by atoms with Crippen molar-refractivity contribution in [3.05, 3.63) is 78.0 Å². The molecule has 0 saturated carbocycles. The number of benzene rings is 2. The van der Waals surface area contributed by atoms with Crippen LogP contribution in [-0.2, 0) is 10.0 Å². The van der Waals surface area contributed by atoms with Crippen LogP contribution in [0.4, 0.5) is 5.69 Å². The van der Waals surface area contributed by atoms with E-state index in [2.05, 4.69) is 0 Å². The van der Waals surface area contributed by atoms with E-state index in [1.807, 2.05) is 61.5 Å². The number of sulfonamides is 1. The maximum Gasteiger partial charge on any atom is 0.303 e. The number of quaternary nitrogens is 1. The van der Waals surface area contributed by atoms with Crippen LogP contribution in [0.15, 0.2) is 72.5 Å². The largest absolute Gasteiger partial charge is 0.457 e. The van der Waals surface area contributed by atoms with E-state index in [0.717, 1.165) is 16.9 Å². The van der Waals surface area contributed by atoms with Gasteiger partial charge in [0.1, 0.15) is 24.2 Å². The van der Waals surface area contributed by atoms with Crippen LogP contribution < -0.4 is 14.4 Å². The van der Waals surface area contributed by atoms with E-state index in [1.54, 1.807) is 12.3 Å². The van der Waals surface area contributed by atoms with Gasteiger partial charge in [0, 0.05) is 23.7 Å². The van der Waals surface area contributed by atoms with Crippen LogP contribution in [0.1, 0.15) is 5.56 Å². The van der Waals surface area contributed by atoms with Gasteiger partial charge >= 0.3 is 10.0 Å². The fourth-order valence-electron chi connectivity index (χ4n) is 3.16. The molecule has 1 heterocycles. The van der Waals surface area contributed by atoms with Gasteiger partial charge in [-0.2, -0.15) is 12.3 Å². The molecule has 0 amide bonds. The molecule has 2 aromatic carbocycles. The zero-order valence-corrected chi connectivity index (χ0v) is 15.7. The van der Waals surface area contributed by atoms with Crippen LogP contribution in [0, 0.1) is 6.92 Å². The number of hydrogen-bond donors (Lipinski definition) is 1. The summed E-state index contributed by atoms with van der Waals surface area (Å²) in [5.74, 6) is 1.40. The minimum Gasteiger partial charge on any atom is -0.457 e. The summed E-state index contributed by atoms with van der Waals surface area (Å²) in [5, 5.41) is 0. The average Bonchev–Trinajstić information content (AvgIpc) is 2.62. The summed E-state index contributed by atoms with van der Waals surface area (Å²) < 4.78 is 31.0. The summed E-state index contributed by atoms with van der Waals surface area (Å²) in [7, 11) is -3.46. The predicted octanol–water partition coefficient (Wildman–Crippen LogP) is 3.47. The van der Waals surface area contributed by atoms with E-state index in [0.29, 0.717) is 24.5 Å². The third kappa shape index (κ3) is 3.44. The first-order valence-corrected chi connectivity index (χ1v) is 10.2. The number of rotatable bonds is 5. The maximum atomic E-state index is 12.7. The van der Waals surface area contributed by atoms with Gasteiger partial charge < -0.3 is 10.5 Å². The molecule has 2 aromatic rings. The number of hydrogen-bond acceptors (Lipinski definition) is 4. The normalized spacial score (nSPS) is 19.9. The van der Waals surface area contributed by atoms with E-state index in [-0.39, 0.29) is 3.89 Å². The molecule has 136 valence electrons. The first-order valence-electron chi connectivity index (χ1n) is 8.36. The predicted molar refractivity (Wildman–Crippen MR) is 105 cm³/mol. The molecule has 2 N–H and O–H groups in total. The van der Waals surface area contributed by atoms with Gasteiger partial charge in [-0.05, 0) is 37.3 Å². The van der Waals surface area contributed by atoms with Crippen LogP contribution in [-0.4, -0.2) is 27.8 Å². The highest BCUT2D eigenvalue weighted by molar-refractivity contribution is 7.90. The molecule has 1 unspecified atom stereocenters. The van der Waals surface area contributed by atoms with Crippen LogP contribution >= 0.6 is 0 Å². The smallest absolute Gasteiger partial charge is 0.303 e. The van der Waals surface area contributed by atoms with Gasteiger partial charge in [0.25, 0.3) is 0 Å². The summed E-state index contributed by atoms with van der Waals surface area (Å²) in [4.78, 5) is 0. The number of nitrogens with two attached hydrogens (primary N) is 1. The molecule has 1 atom stereocenters. The molecule has 0 bridgehead atoms. The number of ether oxygens (including phenoxy) is 1. The zero-order chi connectivity index (χ0) is 18.8. The zero-order valence-electron chi connectivity index (χ0n) is 14.9. The second-order valence-corrected chi connectivity index (χ2v) is 8.50. The van der Waals surface area contributed by atoms with E-state index < -0.39 is 10.0 Å². The Morgan fingerprint density at radius 1 is 1.12 bits per heavy atom. The number of aryl methyl sites for hydroxylation is 1. The highest BCUT2D eigenvalue weighted by Crippen LogP contribution is 2.36. The molecule has 0 radical (unpaired) electrons. The molecule has 1 aliphatic heterocycles. The van der Waals surface area contributed by atoms with Crippen molar-refractivity contribution < 1.29 is 13.2 Å². The Morgan fingerprint density at radius 3 is 2.46 bits per heavy atom. The third-order valence-electron chi connectivity index (χ3n) is 4.47. The van der Waals surface area contributed by atoms with Crippen LogP contribution in [0.2, 0.25) is 0 Å². The van der Waals surface area contributed by atoms with E-state index in [4.69, 9.17) is 10.5 Å². The second-order valence-electron chi connectivity index (χ2n) is 6.39. The summed E-state index contributed by atoms with van der Waals surface area (Å²) in [6.07, 6.45) is 6.72. The molecule has 0 spiro atoms. The van der Waals surface area contributed by atoms with Crippen molar-refractivity contribution in [3.63, 3.8) is 0 Å². The lowest BCUT2D eigenvalue weighted by molar-refractivity contribution is 0.480. The highest BCUT2D eigenvalue weighted by atomic mass is 32.2. The third-order valence-corrected chi connectivity index (χ3v) is 6.10. The van der Waals surface area contributed by atoms with E-state index in [9.17, 15) is 8.42 Å². The molecule has 0 fully saturated rings. The van der Waals surface area contributed by atoms with E-state index in [1.165, 1.54) is 6.26 Å². The topological polar surface area (TPSA) is 69.4 Å². The summed E-state index contributed by atoms with van der Waals surface area (Å²) in [6, 6.07) is 15.0. The van der Waals surface area contributed by atoms with Crippen LogP contribution in [0.5, 0.6) is 11.5 Å². The van der Waals surface area contributed by atoms with Crippen molar-refractivity contribution in [2.75, 3.05) is 19.3 Å². The number of nitrogens with zero attached hydrogens (tertiary/aromatic N) is 1. The van der Waals surface area contributed by atoms with Crippen molar-refractivity contribution in [2.24, 2.45) is 5.73 Å². The Morgan fingerprint density at radius 2 is 1.85 bits per heavy atom. The molecule has 3 rings (SSSR count). The van der Waals surface area contributed by atoms with Crippen LogP contribution in [0.25, 0.3) is 0 Å². The molecule has 0 aliphatic carbocycles. The summed E-state index contributed by atoms with van der Waals surface area (Å²) in [6.45, 7) is 2.52. The lowest BCUT2D eigenvalue weighted by atomic mass is 10.1. The monoisotopic (exact) mass is 371 g/mol. The summed E-state index contributed by atoms with van der Waals surface area (Å²) >= 11 is 0. The lowest BCUT2D eigenvalue weighted by Crippen LogP contribution is -2.50. The van der Waals surface area contributed by atoms with Crippen molar-refractivity contribution in [2.45, 2.75) is 6.92 Å². The first-order chi connectivity index (χ1) is 12.4. The van der Waals surface area contributed by atoms with Gasteiger partial charge in [0.05, 0.1) is 6.26 Å². The quantitative estimate of drug-likeness (QED) is 0.817. The molecular weight excluding hydrogens is 348 g/mol. The van der Waals surface area contributed by atoms with Crippen LogP contribution in [0.3, 0.4) is 0 Å². The van der Waals surface area contributed by atoms with Crippen molar-refractivity contribution >= 4 is 15.7 Å². The van der Waals surface area contributed by atoms with Gasteiger partial charge in [-0.25, -0.2) is 0 Å². The fourth-order valence-corrected chi connectivity index (χ4v) is 4.41. The van der Waals surface area contributed by atoms with Crippen molar-refractivity contribution in [1.29, 1.82) is 0 Å². The van der Waals surface area contributed by atoms with Gasteiger partial charge in [-0.15, -0.1) is 0 Å². The van der Waals surface area contributed by atoms with E-state index >= 15 is 0 Å². The molecule has 0 saturated heterocycles. The Kier molecular flexibility index (Phi) is 5.00. The molecule has 5 nitrogen and oxygen atoms in total. The lowest BCUT2D eigenvalue weighted by Gasteiger charge is -2.34. The number of para-hydroxylation sites is 1. The minimum absolute atomic E-state index is 0.270. The Balaban J connectivity index is 2.04. The Hall–Kier alpha value is -2.41. The highest BCUT2D eigenvalue weighted by Gasteiger charge is 2.41. The SMILES string of the molecule is Cc1cc(Oc2ccccc2)ccc1[N+]1(S(C)(=O)=O)C=C(CN)C=CC1.